The maximum absolute atomic E-state index is 13.2. The molecule has 1 N–H and O–H groups in total. The van der Waals surface area contributed by atoms with Gasteiger partial charge in [-0.15, -0.1) is 0 Å². The van der Waals surface area contributed by atoms with Gasteiger partial charge in [-0.3, -0.25) is 9.89 Å². The fourth-order valence-electron chi connectivity index (χ4n) is 3.48. The number of nitrogens with zero attached hydrogens (tertiary/aromatic N) is 2. The molecule has 2 aromatic carbocycles. The second-order valence-electron chi connectivity index (χ2n) is 7.35. The van der Waals surface area contributed by atoms with Gasteiger partial charge >= 0.3 is 0 Å². The molecule has 3 aromatic rings. The van der Waals surface area contributed by atoms with Crippen molar-refractivity contribution < 1.29 is 18.7 Å². The van der Waals surface area contributed by atoms with Crippen molar-refractivity contribution in [1.82, 2.24) is 15.1 Å². The van der Waals surface area contributed by atoms with Crippen molar-refractivity contribution in [3.8, 4) is 11.5 Å². The number of nitrogens with one attached hydrogen (secondary N) is 1. The van der Waals surface area contributed by atoms with Crippen LogP contribution in [0.25, 0.3) is 0 Å². The molecule has 6 nitrogen and oxygen atoms in total. The monoisotopic (exact) mass is 409 g/mol. The van der Waals surface area contributed by atoms with Gasteiger partial charge in [0.2, 0.25) is 5.91 Å². The first-order chi connectivity index (χ1) is 14.7. The molecule has 0 bridgehead atoms. The molecular weight excluding hydrogens is 385 g/mol. The van der Waals surface area contributed by atoms with Crippen molar-refractivity contribution >= 4 is 5.91 Å². The van der Waals surface area contributed by atoms with Gasteiger partial charge in [0, 0.05) is 37.8 Å². The summed E-state index contributed by atoms with van der Waals surface area (Å²) in [4.78, 5) is 14.2. The van der Waals surface area contributed by atoms with E-state index in [-0.39, 0.29) is 17.8 Å². The van der Waals surface area contributed by atoms with E-state index in [1.807, 2.05) is 41.3 Å². The molecule has 1 amide bonds. The lowest BCUT2D eigenvalue weighted by atomic mass is 10.1. The number of aromatic nitrogens is 2. The van der Waals surface area contributed by atoms with E-state index in [0.29, 0.717) is 31.9 Å². The highest BCUT2D eigenvalue weighted by molar-refractivity contribution is 5.78. The van der Waals surface area contributed by atoms with Gasteiger partial charge in [0.25, 0.3) is 0 Å². The third-order valence-corrected chi connectivity index (χ3v) is 5.12. The van der Waals surface area contributed by atoms with Crippen LogP contribution in [0.2, 0.25) is 0 Å². The zero-order chi connectivity index (χ0) is 20.8. The summed E-state index contributed by atoms with van der Waals surface area (Å²) >= 11 is 0. The van der Waals surface area contributed by atoms with Gasteiger partial charge in [0.1, 0.15) is 30.0 Å². The van der Waals surface area contributed by atoms with Gasteiger partial charge in [-0.2, -0.15) is 5.10 Å². The fraction of sp³-hybridized carbons (Fsp3) is 0.304. The summed E-state index contributed by atoms with van der Waals surface area (Å²) in [6.07, 6.45) is 3.68. The normalized spacial score (nSPS) is 14.5. The van der Waals surface area contributed by atoms with E-state index >= 15 is 0 Å². The van der Waals surface area contributed by atoms with Gasteiger partial charge in [-0.25, -0.2) is 4.39 Å². The predicted octanol–water partition coefficient (Wildman–Crippen LogP) is 3.74. The molecule has 2 heterocycles. The Labute approximate surface area is 174 Å². The molecule has 1 fully saturated rings. The van der Waals surface area contributed by atoms with Crippen LogP contribution in [0.4, 0.5) is 4.39 Å². The Balaban J connectivity index is 1.22. The maximum atomic E-state index is 13.2. The predicted molar refractivity (Wildman–Crippen MR) is 110 cm³/mol. The van der Waals surface area contributed by atoms with Crippen molar-refractivity contribution in [2.75, 3.05) is 13.1 Å². The van der Waals surface area contributed by atoms with Gasteiger partial charge in [0.15, 0.2) is 0 Å². The summed E-state index contributed by atoms with van der Waals surface area (Å²) in [6, 6.07) is 15.6. The summed E-state index contributed by atoms with van der Waals surface area (Å²) in [5, 5.41) is 6.70. The standard InChI is InChI=1S/C23H24FN3O3/c24-18-3-1-2-17(14-18)16-29-20-4-6-21(7-5-20)30-22-9-12-27(13-10-22)23(28)15-19-8-11-25-26-19/h1-8,11,14,22H,9-10,12-13,15-16H2,(H,25,26). The van der Waals surface area contributed by atoms with E-state index < -0.39 is 0 Å². The van der Waals surface area contributed by atoms with E-state index in [2.05, 4.69) is 10.2 Å². The first-order valence-electron chi connectivity index (χ1n) is 10.1. The Morgan fingerprint density at radius 2 is 1.87 bits per heavy atom. The van der Waals surface area contributed by atoms with Gasteiger partial charge in [0.05, 0.1) is 6.42 Å². The summed E-state index contributed by atoms with van der Waals surface area (Å²) in [6.45, 7) is 1.68. The van der Waals surface area contributed by atoms with E-state index in [0.717, 1.165) is 29.8 Å². The maximum Gasteiger partial charge on any atom is 0.228 e. The molecule has 4 rings (SSSR count). The lowest BCUT2D eigenvalue weighted by molar-refractivity contribution is -0.132. The van der Waals surface area contributed by atoms with Crippen LogP contribution in [0.15, 0.2) is 60.8 Å². The van der Waals surface area contributed by atoms with E-state index in [4.69, 9.17) is 9.47 Å². The molecule has 0 atom stereocenters. The quantitative estimate of drug-likeness (QED) is 0.646. The molecule has 0 unspecified atom stereocenters. The van der Waals surface area contributed by atoms with Crippen molar-refractivity contribution in [3.63, 3.8) is 0 Å². The number of piperidine rings is 1. The molecule has 0 aliphatic carbocycles. The zero-order valence-corrected chi connectivity index (χ0v) is 16.6. The number of ether oxygens (including phenoxy) is 2. The van der Waals surface area contributed by atoms with Crippen LogP contribution >= 0.6 is 0 Å². The minimum absolute atomic E-state index is 0.0836. The minimum atomic E-state index is -0.270. The first kappa shape index (κ1) is 19.9. The molecule has 1 saturated heterocycles. The number of likely N-dealkylation sites (tertiary alicyclic amines) is 1. The molecule has 30 heavy (non-hydrogen) atoms. The molecular formula is C23H24FN3O3. The molecule has 0 spiro atoms. The van der Waals surface area contributed by atoms with Crippen molar-refractivity contribution in [2.24, 2.45) is 0 Å². The number of carbonyl (C=O) groups excluding carboxylic acids is 1. The molecule has 1 aromatic heterocycles. The highest BCUT2D eigenvalue weighted by Crippen LogP contribution is 2.23. The van der Waals surface area contributed by atoms with Crippen LogP contribution in [0.3, 0.4) is 0 Å². The largest absolute Gasteiger partial charge is 0.490 e. The molecule has 0 radical (unpaired) electrons. The summed E-state index contributed by atoms with van der Waals surface area (Å²) < 4.78 is 25.0. The fourth-order valence-corrected chi connectivity index (χ4v) is 3.48. The van der Waals surface area contributed by atoms with Crippen LogP contribution in [0.1, 0.15) is 24.1 Å². The Morgan fingerprint density at radius 3 is 2.57 bits per heavy atom. The van der Waals surface area contributed by atoms with Crippen molar-refractivity contribution in [1.29, 1.82) is 0 Å². The third kappa shape index (κ3) is 5.37. The van der Waals surface area contributed by atoms with Gasteiger partial charge in [-0.1, -0.05) is 12.1 Å². The lowest BCUT2D eigenvalue weighted by Gasteiger charge is -2.32. The van der Waals surface area contributed by atoms with Crippen LogP contribution in [0.5, 0.6) is 11.5 Å². The molecule has 1 aliphatic rings. The second kappa shape index (κ2) is 9.43. The molecule has 156 valence electrons. The number of hydrogen-bond donors (Lipinski definition) is 1. The summed E-state index contributed by atoms with van der Waals surface area (Å²) in [5.74, 6) is 1.31. The van der Waals surface area contributed by atoms with Crippen LogP contribution in [-0.4, -0.2) is 40.2 Å². The van der Waals surface area contributed by atoms with Gasteiger partial charge in [-0.05, 0) is 48.0 Å². The number of aromatic amines is 1. The molecule has 7 heteroatoms. The van der Waals surface area contributed by atoms with Crippen molar-refractivity contribution in [3.05, 3.63) is 77.9 Å². The number of benzene rings is 2. The summed E-state index contributed by atoms with van der Waals surface area (Å²) in [5.41, 5.74) is 1.61. The zero-order valence-electron chi connectivity index (χ0n) is 16.6. The second-order valence-corrected chi connectivity index (χ2v) is 7.35. The van der Waals surface area contributed by atoms with E-state index in [9.17, 15) is 9.18 Å². The number of halogens is 1. The summed E-state index contributed by atoms with van der Waals surface area (Å²) in [7, 11) is 0. The highest BCUT2D eigenvalue weighted by atomic mass is 19.1. The lowest BCUT2D eigenvalue weighted by Crippen LogP contribution is -2.42. The number of amides is 1. The molecule has 0 saturated carbocycles. The van der Waals surface area contributed by atoms with Crippen LogP contribution < -0.4 is 9.47 Å². The number of H-pyrrole nitrogens is 1. The van der Waals surface area contributed by atoms with Gasteiger partial charge < -0.3 is 14.4 Å². The Morgan fingerprint density at radius 1 is 1.10 bits per heavy atom. The molecule has 1 aliphatic heterocycles. The smallest absolute Gasteiger partial charge is 0.228 e. The highest BCUT2D eigenvalue weighted by Gasteiger charge is 2.24. The average Bonchev–Trinajstić information content (AvgIpc) is 3.27. The van der Waals surface area contributed by atoms with Crippen LogP contribution in [0, 0.1) is 5.82 Å². The Bertz CT molecular complexity index is 952. The Hall–Kier alpha value is -3.35. The van der Waals surface area contributed by atoms with E-state index in [1.165, 1.54) is 12.1 Å². The minimum Gasteiger partial charge on any atom is -0.490 e. The van der Waals surface area contributed by atoms with E-state index in [1.54, 1.807) is 12.3 Å². The average molecular weight is 409 g/mol. The first-order valence-corrected chi connectivity index (χ1v) is 10.1. The number of hydrogen-bond acceptors (Lipinski definition) is 4. The Kier molecular flexibility index (Phi) is 6.27. The third-order valence-electron chi connectivity index (χ3n) is 5.12. The van der Waals surface area contributed by atoms with Crippen LogP contribution in [-0.2, 0) is 17.8 Å². The van der Waals surface area contributed by atoms with Crippen molar-refractivity contribution in [2.45, 2.75) is 32.0 Å². The number of rotatable bonds is 7. The topological polar surface area (TPSA) is 67.5 Å². The SMILES string of the molecule is O=C(Cc1ccn[nH]1)N1CCC(Oc2ccc(OCc3cccc(F)c3)cc2)CC1. The number of carbonyl (C=O) groups is 1.